The molecule has 0 unspecified atom stereocenters. The summed E-state index contributed by atoms with van der Waals surface area (Å²) in [6, 6.07) is 6.57. The zero-order chi connectivity index (χ0) is 12.3. The van der Waals surface area contributed by atoms with Crippen LogP contribution in [-0.2, 0) is 0 Å². The Kier molecular flexibility index (Phi) is 5.53. The number of piperidine rings is 1. The minimum Gasteiger partial charge on any atom is -0.324 e. The van der Waals surface area contributed by atoms with E-state index in [0.29, 0.717) is 5.92 Å². The number of rotatable bonds is 3. The predicted octanol–water partition coefficient (Wildman–Crippen LogP) is 2.02. The summed E-state index contributed by atoms with van der Waals surface area (Å²) in [4.78, 5) is 10.3. The van der Waals surface area contributed by atoms with Crippen molar-refractivity contribution in [2.75, 3.05) is 13.1 Å². The van der Waals surface area contributed by atoms with Crippen molar-refractivity contribution in [3.8, 4) is 0 Å². The van der Waals surface area contributed by atoms with Crippen LogP contribution in [-0.4, -0.2) is 18.0 Å². The SMILES string of the molecule is Cl.N[C@@H](c1cccc([N+](=O)[O-])c1)C1CCNCC1. The minimum absolute atomic E-state index is 0. The summed E-state index contributed by atoms with van der Waals surface area (Å²) in [5, 5.41) is 14.0. The maximum atomic E-state index is 10.7. The normalized spacial score (nSPS) is 17.8. The molecule has 0 amide bonds. The third-order valence-corrected chi connectivity index (χ3v) is 3.36. The van der Waals surface area contributed by atoms with Crippen molar-refractivity contribution in [2.45, 2.75) is 18.9 Å². The van der Waals surface area contributed by atoms with Gasteiger partial charge >= 0.3 is 0 Å². The highest BCUT2D eigenvalue weighted by molar-refractivity contribution is 5.85. The zero-order valence-electron chi connectivity index (χ0n) is 10.0. The topological polar surface area (TPSA) is 81.2 Å². The molecule has 1 aliphatic rings. The van der Waals surface area contributed by atoms with Gasteiger partial charge < -0.3 is 11.1 Å². The lowest BCUT2D eigenvalue weighted by molar-refractivity contribution is -0.384. The highest BCUT2D eigenvalue weighted by atomic mass is 35.5. The summed E-state index contributed by atoms with van der Waals surface area (Å²) in [6.07, 6.45) is 2.06. The van der Waals surface area contributed by atoms with E-state index in [0.717, 1.165) is 31.5 Å². The Morgan fingerprint density at radius 3 is 2.67 bits per heavy atom. The molecule has 18 heavy (non-hydrogen) atoms. The van der Waals surface area contributed by atoms with E-state index >= 15 is 0 Å². The summed E-state index contributed by atoms with van der Waals surface area (Å²) >= 11 is 0. The molecule has 0 saturated carbocycles. The number of halogens is 1. The highest BCUT2D eigenvalue weighted by Crippen LogP contribution is 2.28. The number of hydrogen-bond donors (Lipinski definition) is 2. The molecule has 2 rings (SSSR count). The average Bonchev–Trinajstić information content (AvgIpc) is 2.39. The van der Waals surface area contributed by atoms with Gasteiger partial charge in [-0.2, -0.15) is 0 Å². The molecule has 0 radical (unpaired) electrons. The van der Waals surface area contributed by atoms with Gasteiger partial charge in [-0.1, -0.05) is 12.1 Å². The van der Waals surface area contributed by atoms with Crippen LogP contribution < -0.4 is 11.1 Å². The van der Waals surface area contributed by atoms with Crippen molar-refractivity contribution in [3.05, 3.63) is 39.9 Å². The van der Waals surface area contributed by atoms with Crippen molar-refractivity contribution in [2.24, 2.45) is 11.7 Å². The van der Waals surface area contributed by atoms with Crippen molar-refractivity contribution < 1.29 is 4.92 Å². The lowest BCUT2D eigenvalue weighted by atomic mass is 9.86. The first-order valence-electron chi connectivity index (χ1n) is 5.89. The molecule has 1 aromatic rings. The van der Waals surface area contributed by atoms with E-state index in [4.69, 9.17) is 5.73 Å². The molecule has 1 atom stereocenters. The van der Waals surface area contributed by atoms with Gasteiger partial charge in [0.05, 0.1) is 4.92 Å². The van der Waals surface area contributed by atoms with Crippen molar-refractivity contribution in [1.82, 2.24) is 5.32 Å². The van der Waals surface area contributed by atoms with E-state index in [9.17, 15) is 10.1 Å². The Morgan fingerprint density at radius 2 is 2.06 bits per heavy atom. The van der Waals surface area contributed by atoms with Crippen LogP contribution in [0.4, 0.5) is 5.69 Å². The fraction of sp³-hybridized carbons (Fsp3) is 0.500. The molecular weight excluding hydrogens is 254 g/mol. The first-order chi connectivity index (χ1) is 8.18. The van der Waals surface area contributed by atoms with Crippen molar-refractivity contribution in [1.29, 1.82) is 0 Å². The molecule has 1 aliphatic heterocycles. The van der Waals surface area contributed by atoms with Crippen molar-refractivity contribution in [3.63, 3.8) is 0 Å². The van der Waals surface area contributed by atoms with E-state index in [2.05, 4.69) is 5.32 Å². The Hall–Kier alpha value is -1.17. The third kappa shape index (κ3) is 3.41. The number of nitrogens with zero attached hydrogens (tertiary/aromatic N) is 1. The Labute approximate surface area is 112 Å². The maximum absolute atomic E-state index is 10.7. The number of nitro benzene ring substituents is 1. The lowest BCUT2D eigenvalue weighted by Crippen LogP contribution is -2.33. The number of hydrogen-bond acceptors (Lipinski definition) is 4. The first kappa shape index (κ1) is 14.9. The van der Waals surface area contributed by atoms with Gasteiger partial charge in [0.1, 0.15) is 0 Å². The standard InChI is InChI=1S/C12H17N3O2.ClH/c13-12(9-4-6-14-7-5-9)10-2-1-3-11(8-10)15(16)17;/h1-3,8-9,12,14H,4-7,13H2;1H/t12-;/m1./s1. The van der Waals surface area contributed by atoms with Crippen LogP contribution >= 0.6 is 12.4 Å². The molecule has 0 bridgehead atoms. The molecule has 5 nitrogen and oxygen atoms in total. The summed E-state index contributed by atoms with van der Waals surface area (Å²) in [5.74, 6) is 0.415. The van der Waals surface area contributed by atoms with Crippen LogP contribution in [0, 0.1) is 16.0 Å². The molecular formula is C12H18ClN3O2. The monoisotopic (exact) mass is 271 g/mol. The van der Waals surface area contributed by atoms with Crippen LogP contribution in [0.2, 0.25) is 0 Å². The fourth-order valence-electron chi connectivity index (χ4n) is 2.32. The van der Waals surface area contributed by atoms with Gasteiger partial charge in [0.15, 0.2) is 0 Å². The molecule has 0 aromatic heterocycles. The first-order valence-corrected chi connectivity index (χ1v) is 5.89. The summed E-state index contributed by atoms with van der Waals surface area (Å²) in [6.45, 7) is 1.96. The van der Waals surface area contributed by atoms with E-state index in [1.165, 1.54) is 6.07 Å². The third-order valence-electron chi connectivity index (χ3n) is 3.36. The molecule has 3 N–H and O–H groups in total. The van der Waals surface area contributed by atoms with Gasteiger partial charge in [0.25, 0.3) is 5.69 Å². The Morgan fingerprint density at radius 1 is 1.39 bits per heavy atom. The average molecular weight is 272 g/mol. The second kappa shape index (κ2) is 6.68. The molecule has 1 heterocycles. The van der Waals surface area contributed by atoms with Gasteiger partial charge in [-0.15, -0.1) is 12.4 Å². The lowest BCUT2D eigenvalue weighted by Gasteiger charge is -2.28. The van der Waals surface area contributed by atoms with Gasteiger partial charge in [-0.3, -0.25) is 10.1 Å². The summed E-state index contributed by atoms with van der Waals surface area (Å²) in [5.41, 5.74) is 7.17. The molecule has 100 valence electrons. The maximum Gasteiger partial charge on any atom is 0.269 e. The zero-order valence-corrected chi connectivity index (χ0v) is 10.9. The number of nitrogens with one attached hydrogen (secondary N) is 1. The van der Waals surface area contributed by atoms with E-state index < -0.39 is 0 Å². The second-order valence-corrected chi connectivity index (χ2v) is 4.47. The molecule has 1 aromatic carbocycles. The molecule has 0 spiro atoms. The van der Waals surface area contributed by atoms with Gasteiger partial charge in [-0.25, -0.2) is 0 Å². The Bertz CT molecular complexity index is 408. The Balaban J connectivity index is 0.00000162. The molecule has 1 fully saturated rings. The predicted molar refractivity (Wildman–Crippen MR) is 72.9 cm³/mol. The second-order valence-electron chi connectivity index (χ2n) is 4.47. The van der Waals surface area contributed by atoms with Gasteiger partial charge in [0, 0.05) is 18.2 Å². The van der Waals surface area contributed by atoms with Gasteiger partial charge in [0.2, 0.25) is 0 Å². The van der Waals surface area contributed by atoms with Crippen LogP contribution in [0.15, 0.2) is 24.3 Å². The minimum atomic E-state index is -0.376. The van der Waals surface area contributed by atoms with Crippen LogP contribution in [0.25, 0.3) is 0 Å². The highest BCUT2D eigenvalue weighted by Gasteiger charge is 2.22. The van der Waals surface area contributed by atoms with Crippen molar-refractivity contribution >= 4 is 18.1 Å². The molecule has 0 aliphatic carbocycles. The number of nitro groups is 1. The van der Waals surface area contributed by atoms with E-state index in [1.807, 2.05) is 6.07 Å². The van der Waals surface area contributed by atoms with E-state index in [1.54, 1.807) is 12.1 Å². The molecule has 1 saturated heterocycles. The van der Waals surface area contributed by atoms with Crippen LogP contribution in [0.3, 0.4) is 0 Å². The quantitative estimate of drug-likeness (QED) is 0.651. The fourth-order valence-corrected chi connectivity index (χ4v) is 2.32. The van der Waals surface area contributed by atoms with Crippen LogP contribution in [0.1, 0.15) is 24.4 Å². The summed E-state index contributed by atoms with van der Waals surface area (Å²) in [7, 11) is 0. The number of nitrogens with two attached hydrogens (primary N) is 1. The van der Waals surface area contributed by atoms with Crippen LogP contribution in [0.5, 0.6) is 0 Å². The smallest absolute Gasteiger partial charge is 0.269 e. The summed E-state index contributed by atoms with van der Waals surface area (Å²) < 4.78 is 0. The number of non-ortho nitro benzene ring substituents is 1. The van der Waals surface area contributed by atoms with Gasteiger partial charge in [-0.05, 0) is 37.4 Å². The van der Waals surface area contributed by atoms with E-state index in [-0.39, 0.29) is 29.1 Å². The molecule has 6 heteroatoms. The number of benzene rings is 1. The largest absolute Gasteiger partial charge is 0.324 e.